The highest BCUT2D eigenvalue weighted by Crippen LogP contribution is 2.19. The summed E-state index contributed by atoms with van der Waals surface area (Å²) >= 11 is 0. The molecule has 0 bridgehead atoms. The molecule has 3 rings (SSSR count). The molecule has 24 heavy (non-hydrogen) atoms. The molecule has 0 saturated carbocycles. The summed E-state index contributed by atoms with van der Waals surface area (Å²) in [7, 11) is 1.80. The molecule has 0 spiro atoms. The van der Waals surface area contributed by atoms with Crippen LogP contribution in [0.5, 0.6) is 0 Å². The molecule has 2 heterocycles. The van der Waals surface area contributed by atoms with Crippen LogP contribution in [0.4, 0.5) is 0 Å². The molecule has 4 heteroatoms. The van der Waals surface area contributed by atoms with Gasteiger partial charge >= 0.3 is 0 Å². The first-order valence-electron chi connectivity index (χ1n) is 8.69. The molecule has 1 fully saturated rings. The van der Waals surface area contributed by atoms with E-state index in [0.717, 1.165) is 39.3 Å². The Labute approximate surface area is 145 Å². The Morgan fingerprint density at radius 3 is 2.38 bits per heavy atom. The number of ether oxygens (including phenoxy) is 1. The second-order valence-electron chi connectivity index (χ2n) is 6.48. The summed E-state index contributed by atoms with van der Waals surface area (Å²) in [5, 5.41) is 0. The fourth-order valence-corrected chi connectivity index (χ4v) is 3.24. The van der Waals surface area contributed by atoms with Crippen molar-refractivity contribution in [2.75, 3.05) is 39.8 Å². The van der Waals surface area contributed by atoms with E-state index in [4.69, 9.17) is 4.74 Å². The van der Waals surface area contributed by atoms with Crippen molar-refractivity contribution in [1.82, 2.24) is 14.8 Å². The van der Waals surface area contributed by atoms with Gasteiger partial charge in [-0.2, -0.15) is 0 Å². The number of aromatic nitrogens is 1. The van der Waals surface area contributed by atoms with Gasteiger partial charge in [0.25, 0.3) is 0 Å². The number of hydrogen-bond donors (Lipinski definition) is 0. The number of nitrogens with zero attached hydrogens (tertiary/aromatic N) is 3. The molecule has 1 saturated heterocycles. The number of hydrogen-bond acceptors (Lipinski definition) is 4. The zero-order valence-corrected chi connectivity index (χ0v) is 14.7. The largest absolute Gasteiger partial charge is 0.375 e. The van der Waals surface area contributed by atoms with Gasteiger partial charge in [-0.05, 0) is 24.1 Å². The molecule has 1 aromatic heterocycles. The van der Waals surface area contributed by atoms with Crippen LogP contribution in [0.3, 0.4) is 0 Å². The third-order valence-electron chi connectivity index (χ3n) is 4.84. The summed E-state index contributed by atoms with van der Waals surface area (Å²) in [6.07, 6.45) is 2.04. The summed E-state index contributed by atoms with van der Waals surface area (Å²) in [5.74, 6) is 0. The molecule has 0 radical (unpaired) electrons. The van der Waals surface area contributed by atoms with Crippen LogP contribution in [-0.4, -0.2) is 54.6 Å². The van der Waals surface area contributed by atoms with Crippen LogP contribution in [0.2, 0.25) is 0 Å². The summed E-state index contributed by atoms with van der Waals surface area (Å²) in [5.41, 5.74) is 3.74. The van der Waals surface area contributed by atoms with Crippen molar-refractivity contribution in [2.24, 2.45) is 0 Å². The van der Waals surface area contributed by atoms with Crippen LogP contribution in [0.15, 0.2) is 48.7 Å². The number of benzene rings is 1. The normalized spacial score (nSPS) is 17.8. The van der Waals surface area contributed by atoms with Crippen molar-refractivity contribution in [3.05, 3.63) is 65.5 Å². The minimum Gasteiger partial charge on any atom is -0.375 e. The van der Waals surface area contributed by atoms with Crippen molar-refractivity contribution in [3.63, 3.8) is 0 Å². The second-order valence-corrected chi connectivity index (χ2v) is 6.48. The maximum atomic E-state index is 5.71. The molecule has 128 valence electrons. The Hall–Kier alpha value is -1.75. The Morgan fingerprint density at radius 1 is 1.00 bits per heavy atom. The van der Waals surface area contributed by atoms with Gasteiger partial charge in [0.2, 0.25) is 0 Å². The second kappa shape index (κ2) is 8.38. The van der Waals surface area contributed by atoms with Gasteiger partial charge in [-0.25, -0.2) is 0 Å². The SMILES string of the molecule is COC(CN1CCN(Cc2ncccc2C)CC1)c1ccccc1. The van der Waals surface area contributed by atoms with Crippen LogP contribution >= 0.6 is 0 Å². The predicted octanol–water partition coefficient (Wildman–Crippen LogP) is 2.90. The highest BCUT2D eigenvalue weighted by Gasteiger charge is 2.21. The first-order chi connectivity index (χ1) is 11.8. The molecule has 0 N–H and O–H groups in total. The summed E-state index contributed by atoms with van der Waals surface area (Å²) in [4.78, 5) is 9.52. The molecular weight excluding hydrogens is 298 g/mol. The molecule has 2 aromatic rings. The number of pyridine rings is 1. The minimum absolute atomic E-state index is 0.149. The summed E-state index contributed by atoms with van der Waals surface area (Å²) in [6, 6.07) is 14.6. The standard InChI is InChI=1S/C20H27N3O/c1-17-7-6-10-21-19(17)15-22-11-13-23(14-12-22)16-20(24-2)18-8-4-3-5-9-18/h3-10,20H,11-16H2,1-2H3. The molecule has 1 unspecified atom stereocenters. The van der Waals surface area contributed by atoms with Crippen LogP contribution in [0, 0.1) is 6.92 Å². The zero-order chi connectivity index (χ0) is 16.8. The third kappa shape index (κ3) is 4.41. The first kappa shape index (κ1) is 17.1. The van der Waals surface area contributed by atoms with Gasteiger partial charge < -0.3 is 4.74 Å². The maximum absolute atomic E-state index is 5.71. The minimum atomic E-state index is 0.149. The Bertz CT molecular complexity index is 624. The Kier molecular flexibility index (Phi) is 5.96. The average Bonchev–Trinajstić information content (AvgIpc) is 2.64. The highest BCUT2D eigenvalue weighted by molar-refractivity contribution is 5.18. The van der Waals surface area contributed by atoms with E-state index in [0.29, 0.717) is 0 Å². The monoisotopic (exact) mass is 325 g/mol. The maximum Gasteiger partial charge on any atom is 0.0947 e. The zero-order valence-electron chi connectivity index (χ0n) is 14.7. The van der Waals surface area contributed by atoms with E-state index in [9.17, 15) is 0 Å². The van der Waals surface area contributed by atoms with E-state index in [1.165, 1.54) is 16.8 Å². The quantitative estimate of drug-likeness (QED) is 0.816. The van der Waals surface area contributed by atoms with Gasteiger partial charge in [0, 0.05) is 52.6 Å². The van der Waals surface area contributed by atoms with Crippen molar-refractivity contribution in [1.29, 1.82) is 0 Å². The smallest absolute Gasteiger partial charge is 0.0947 e. The highest BCUT2D eigenvalue weighted by atomic mass is 16.5. The van der Waals surface area contributed by atoms with Crippen LogP contribution in [0.25, 0.3) is 0 Å². The lowest BCUT2D eigenvalue weighted by Crippen LogP contribution is -2.47. The molecule has 0 aliphatic carbocycles. The fourth-order valence-electron chi connectivity index (χ4n) is 3.24. The van der Waals surface area contributed by atoms with E-state index < -0.39 is 0 Å². The molecule has 1 atom stereocenters. The van der Waals surface area contributed by atoms with Gasteiger partial charge in [0.15, 0.2) is 0 Å². The molecule has 4 nitrogen and oxygen atoms in total. The number of aryl methyl sites for hydroxylation is 1. The fraction of sp³-hybridized carbons (Fsp3) is 0.450. The van der Waals surface area contributed by atoms with E-state index in [2.05, 4.69) is 58.1 Å². The van der Waals surface area contributed by atoms with Gasteiger partial charge in [-0.3, -0.25) is 14.8 Å². The van der Waals surface area contributed by atoms with Crippen LogP contribution in [-0.2, 0) is 11.3 Å². The Balaban J connectivity index is 1.51. The van der Waals surface area contributed by atoms with E-state index in [1.54, 1.807) is 7.11 Å². The molecule has 1 aliphatic heterocycles. The van der Waals surface area contributed by atoms with E-state index >= 15 is 0 Å². The van der Waals surface area contributed by atoms with Gasteiger partial charge in [-0.15, -0.1) is 0 Å². The molecule has 1 aliphatic rings. The number of methoxy groups -OCH3 is 1. The topological polar surface area (TPSA) is 28.6 Å². The van der Waals surface area contributed by atoms with Gasteiger partial charge in [0.1, 0.15) is 0 Å². The van der Waals surface area contributed by atoms with Crippen molar-refractivity contribution in [3.8, 4) is 0 Å². The predicted molar refractivity (Wildman–Crippen MR) is 96.9 cm³/mol. The first-order valence-corrected chi connectivity index (χ1v) is 8.69. The summed E-state index contributed by atoms with van der Waals surface area (Å²) < 4.78 is 5.71. The Morgan fingerprint density at radius 2 is 1.71 bits per heavy atom. The number of piperazine rings is 1. The molecule has 0 amide bonds. The van der Waals surface area contributed by atoms with Gasteiger partial charge in [0.05, 0.1) is 11.8 Å². The van der Waals surface area contributed by atoms with Crippen molar-refractivity contribution in [2.45, 2.75) is 19.6 Å². The molecular formula is C20H27N3O. The third-order valence-corrected chi connectivity index (χ3v) is 4.84. The van der Waals surface area contributed by atoms with Crippen LogP contribution < -0.4 is 0 Å². The van der Waals surface area contributed by atoms with E-state index in [1.807, 2.05) is 12.3 Å². The van der Waals surface area contributed by atoms with Crippen molar-refractivity contribution < 1.29 is 4.74 Å². The lowest BCUT2D eigenvalue weighted by molar-refractivity contribution is 0.0403. The lowest BCUT2D eigenvalue weighted by Gasteiger charge is -2.36. The number of rotatable bonds is 6. The van der Waals surface area contributed by atoms with Crippen LogP contribution in [0.1, 0.15) is 22.9 Å². The lowest BCUT2D eigenvalue weighted by atomic mass is 10.1. The van der Waals surface area contributed by atoms with Crippen molar-refractivity contribution >= 4 is 0 Å². The van der Waals surface area contributed by atoms with Gasteiger partial charge in [-0.1, -0.05) is 36.4 Å². The average molecular weight is 325 g/mol. The molecule has 1 aromatic carbocycles. The van der Waals surface area contributed by atoms with E-state index in [-0.39, 0.29) is 6.10 Å². The summed E-state index contributed by atoms with van der Waals surface area (Å²) in [6.45, 7) is 8.38.